The maximum Gasteiger partial charge on any atom is 0.337 e. The topological polar surface area (TPSA) is 83.9 Å². The first-order chi connectivity index (χ1) is 17.4. The molecule has 0 bridgehead atoms. The van der Waals surface area contributed by atoms with Crippen LogP contribution in [0.3, 0.4) is 0 Å². The summed E-state index contributed by atoms with van der Waals surface area (Å²) in [7, 11) is 1.57. The number of halogens is 1. The predicted molar refractivity (Wildman–Crippen MR) is 137 cm³/mol. The number of para-hydroxylation sites is 1. The van der Waals surface area contributed by atoms with Gasteiger partial charge in [0.2, 0.25) is 5.91 Å². The first-order valence-electron chi connectivity index (χ1n) is 11.7. The molecule has 0 fully saturated rings. The molecule has 7 heteroatoms. The molecule has 0 aromatic heterocycles. The average molecular weight is 502 g/mol. The third-order valence-corrected chi connectivity index (χ3v) is 7.28. The zero-order valence-corrected chi connectivity index (χ0v) is 20.4. The van der Waals surface area contributed by atoms with Crippen LogP contribution in [0.25, 0.3) is 0 Å². The fourth-order valence-electron chi connectivity index (χ4n) is 5.33. The van der Waals surface area contributed by atoms with E-state index in [4.69, 9.17) is 16.3 Å². The van der Waals surface area contributed by atoms with Crippen LogP contribution in [0.4, 0.5) is 5.69 Å². The molecule has 3 aromatic carbocycles. The number of carbonyl (C=O) groups is 3. The number of hydrogen-bond acceptors (Lipinski definition) is 4. The number of nitrogens with zero attached hydrogens (tertiary/aromatic N) is 1. The van der Waals surface area contributed by atoms with Gasteiger partial charge in [0.15, 0.2) is 5.78 Å². The lowest BCUT2D eigenvalue weighted by molar-refractivity contribution is -0.120. The van der Waals surface area contributed by atoms with Gasteiger partial charge in [-0.25, -0.2) is 4.79 Å². The highest BCUT2D eigenvalue weighted by Crippen LogP contribution is 2.48. The summed E-state index contributed by atoms with van der Waals surface area (Å²) in [4.78, 5) is 40.7. The van der Waals surface area contributed by atoms with Gasteiger partial charge >= 0.3 is 5.97 Å². The molecule has 1 heterocycles. The Bertz CT molecular complexity index is 1400. The molecular formula is C29H24ClNO5. The Labute approximate surface area is 213 Å². The number of amides is 1. The fraction of sp³-hybridized carbons (Fsp3) is 0.207. The van der Waals surface area contributed by atoms with Crippen molar-refractivity contribution in [3.05, 3.63) is 106 Å². The van der Waals surface area contributed by atoms with Gasteiger partial charge < -0.3 is 9.84 Å². The van der Waals surface area contributed by atoms with Crippen molar-refractivity contribution < 1.29 is 24.2 Å². The van der Waals surface area contributed by atoms with Crippen molar-refractivity contribution in [1.82, 2.24) is 0 Å². The lowest BCUT2D eigenvalue weighted by Crippen LogP contribution is -2.42. The fourth-order valence-corrected chi connectivity index (χ4v) is 5.53. The summed E-state index contributed by atoms with van der Waals surface area (Å²) in [5, 5.41) is 9.68. The smallest absolute Gasteiger partial charge is 0.337 e. The van der Waals surface area contributed by atoms with Crippen LogP contribution >= 0.6 is 11.6 Å². The van der Waals surface area contributed by atoms with E-state index < -0.39 is 11.9 Å². The van der Waals surface area contributed by atoms with E-state index in [2.05, 4.69) is 0 Å². The first kappa shape index (κ1) is 23.8. The molecule has 0 saturated heterocycles. The lowest BCUT2D eigenvalue weighted by Gasteiger charge is -2.40. The number of benzene rings is 3. The molecule has 5 rings (SSSR count). The number of allylic oxidation sites excluding steroid dienone is 2. The maximum absolute atomic E-state index is 13.8. The molecule has 6 nitrogen and oxygen atoms in total. The molecule has 1 aliphatic carbocycles. The second kappa shape index (κ2) is 9.63. The molecule has 182 valence electrons. The molecule has 0 spiro atoms. The lowest BCUT2D eigenvalue weighted by atomic mass is 9.72. The number of ketones is 1. The summed E-state index contributed by atoms with van der Waals surface area (Å²) in [5.74, 6) is -1.36. The van der Waals surface area contributed by atoms with Crippen molar-refractivity contribution in [2.45, 2.75) is 31.1 Å². The Morgan fingerprint density at radius 1 is 0.972 bits per heavy atom. The molecule has 3 aromatic rings. The molecule has 2 unspecified atom stereocenters. The van der Waals surface area contributed by atoms with Crippen molar-refractivity contribution in [3.63, 3.8) is 0 Å². The van der Waals surface area contributed by atoms with Gasteiger partial charge in [-0.3, -0.25) is 14.5 Å². The predicted octanol–water partition coefficient (Wildman–Crippen LogP) is 5.97. The summed E-state index contributed by atoms with van der Waals surface area (Å²) in [5.41, 5.74) is 3.27. The number of rotatable bonds is 5. The van der Waals surface area contributed by atoms with E-state index in [-0.39, 0.29) is 34.6 Å². The minimum absolute atomic E-state index is 0.0223. The van der Waals surface area contributed by atoms with Gasteiger partial charge in [-0.05, 0) is 42.2 Å². The van der Waals surface area contributed by atoms with Crippen LogP contribution in [0.5, 0.6) is 5.75 Å². The van der Waals surface area contributed by atoms with Crippen molar-refractivity contribution in [2.24, 2.45) is 0 Å². The number of ether oxygens (including phenoxy) is 1. The van der Waals surface area contributed by atoms with E-state index in [0.29, 0.717) is 35.5 Å². The quantitative estimate of drug-likeness (QED) is 0.465. The average Bonchev–Trinajstić information content (AvgIpc) is 2.89. The van der Waals surface area contributed by atoms with Crippen LogP contribution in [-0.2, 0) is 9.59 Å². The standard InChI is InChI=1S/C29H24ClNO5/c1-36-26-10-6-5-9-20(26)21-16-27(33)31(19-11-12-23(30)22(15-19)29(34)35)24-13-18(14-25(32)28(21)24)17-7-3-2-4-8-17/h2-12,15,18,21H,13-14,16H2,1H3,(H,34,35). The number of carboxylic acid groups (broad SMARTS) is 1. The van der Waals surface area contributed by atoms with Crippen LogP contribution in [0.1, 0.15) is 52.6 Å². The Kier molecular flexibility index (Phi) is 6.37. The number of Topliss-reactive ketones (excluding diaryl/α,β-unsaturated/α-hetero) is 1. The van der Waals surface area contributed by atoms with Crippen molar-refractivity contribution in [2.75, 3.05) is 12.0 Å². The van der Waals surface area contributed by atoms with E-state index in [1.165, 1.54) is 17.0 Å². The first-order valence-corrected chi connectivity index (χ1v) is 12.1. The second-order valence-corrected chi connectivity index (χ2v) is 9.40. The summed E-state index contributed by atoms with van der Waals surface area (Å²) in [6.45, 7) is 0. The summed E-state index contributed by atoms with van der Waals surface area (Å²) in [6, 6.07) is 21.7. The highest BCUT2D eigenvalue weighted by atomic mass is 35.5. The summed E-state index contributed by atoms with van der Waals surface area (Å²) in [6.07, 6.45) is 0.858. The highest BCUT2D eigenvalue weighted by Gasteiger charge is 2.43. The monoisotopic (exact) mass is 501 g/mol. The normalized spacial score (nSPS) is 19.8. The Morgan fingerprint density at radius 2 is 1.69 bits per heavy atom. The minimum Gasteiger partial charge on any atom is -0.496 e. The third kappa shape index (κ3) is 4.18. The van der Waals surface area contributed by atoms with Gasteiger partial charge in [-0.2, -0.15) is 0 Å². The van der Waals surface area contributed by atoms with Crippen LogP contribution in [0, 0.1) is 0 Å². The molecule has 1 N–H and O–H groups in total. The Hall–Kier alpha value is -3.90. The van der Waals surface area contributed by atoms with Gasteiger partial charge in [0.05, 0.1) is 17.7 Å². The zero-order valence-electron chi connectivity index (χ0n) is 19.6. The Balaban J connectivity index is 1.69. The van der Waals surface area contributed by atoms with Crippen LogP contribution < -0.4 is 9.64 Å². The van der Waals surface area contributed by atoms with Crippen molar-refractivity contribution >= 4 is 34.9 Å². The zero-order chi connectivity index (χ0) is 25.4. The number of hydrogen-bond donors (Lipinski definition) is 1. The molecule has 1 aliphatic heterocycles. The van der Waals surface area contributed by atoms with Crippen molar-refractivity contribution in [3.8, 4) is 5.75 Å². The molecule has 2 aliphatic rings. The van der Waals surface area contributed by atoms with Gasteiger partial charge in [-0.15, -0.1) is 0 Å². The van der Waals surface area contributed by atoms with Gasteiger partial charge in [0.1, 0.15) is 5.75 Å². The second-order valence-electron chi connectivity index (χ2n) is 9.00. The highest BCUT2D eigenvalue weighted by molar-refractivity contribution is 6.33. The van der Waals surface area contributed by atoms with Crippen LogP contribution in [-0.4, -0.2) is 29.9 Å². The largest absolute Gasteiger partial charge is 0.496 e. The third-order valence-electron chi connectivity index (χ3n) is 6.95. The molecule has 0 saturated carbocycles. The maximum atomic E-state index is 13.8. The van der Waals surface area contributed by atoms with E-state index in [1.807, 2.05) is 54.6 Å². The molecule has 36 heavy (non-hydrogen) atoms. The molecular weight excluding hydrogens is 478 g/mol. The van der Waals surface area contributed by atoms with E-state index in [9.17, 15) is 19.5 Å². The number of carbonyl (C=O) groups excluding carboxylic acids is 2. The SMILES string of the molecule is COc1ccccc1C1CC(=O)N(c2ccc(Cl)c(C(=O)O)c2)C2=C1C(=O)CC(c1ccccc1)C2. The Morgan fingerprint density at radius 3 is 2.42 bits per heavy atom. The van der Waals surface area contributed by atoms with E-state index in [0.717, 1.165) is 11.1 Å². The number of anilines is 1. The number of methoxy groups -OCH3 is 1. The minimum atomic E-state index is -1.19. The van der Waals surface area contributed by atoms with Gasteiger partial charge in [0, 0.05) is 41.3 Å². The van der Waals surface area contributed by atoms with E-state index in [1.54, 1.807) is 13.2 Å². The summed E-state index contributed by atoms with van der Waals surface area (Å²) < 4.78 is 5.57. The van der Waals surface area contributed by atoms with Crippen molar-refractivity contribution in [1.29, 1.82) is 0 Å². The van der Waals surface area contributed by atoms with E-state index >= 15 is 0 Å². The van der Waals surface area contributed by atoms with Gasteiger partial charge in [0.25, 0.3) is 0 Å². The van der Waals surface area contributed by atoms with Crippen LogP contribution in [0.2, 0.25) is 5.02 Å². The molecule has 2 atom stereocenters. The van der Waals surface area contributed by atoms with Crippen LogP contribution in [0.15, 0.2) is 84.1 Å². The summed E-state index contributed by atoms with van der Waals surface area (Å²) >= 11 is 6.10. The van der Waals surface area contributed by atoms with Gasteiger partial charge in [-0.1, -0.05) is 60.1 Å². The molecule has 1 amide bonds. The number of aromatic carboxylic acids is 1. The number of carboxylic acids is 1. The molecule has 0 radical (unpaired) electrons.